The van der Waals surface area contributed by atoms with Crippen molar-refractivity contribution in [3.63, 3.8) is 0 Å². The molecule has 0 fully saturated rings. The highest BCUT2D eigenvalue weighted by atomic mass is 32.2. The van der Waals surface area contributed by atoms with E-state index in [2.05, 4.69) is 46.8 Å². The van der Waals surface area contributed by atoms with E-state index in [0.717, 1.165) is 28.2 Å². The Bertz CT molecular complexity index is 1100. The largest absolute Gasteiger partial charge is 0.496 e. The Morgan fingerprint density at radius 1 is 1.10 bits per heavy atom. The molecular formula is C21H21N5OS2. The zero-order valence-corrected chi connectivity index (χ0v) is 17.8. The Hall–Kier alpha value is -2.84. The highest BCUT2D eigenvalue weighted by Crippen LogP contribution is 2.31. The number of aryl methyl sites for hydroxylation is 1. The maximum atomic E-state index is 6.24. The summed E-state index contributed by atoms with van der Waals surface area (Å²) in [4.78, 5) is 4.75. The minimum atomic E-state index is 0.569. The van der Waals surface area contributed by atoms with E-state index in [1.807, 2.05) is 24.3 Å². The fraction of sp³-hybridized carbons (Fsp3) is 0.190. The summed E-state index contributed by atoms with van der Waals surface area (Å²) < 4.78 is 6.90. The number of para-hydroxylation sites is 1. The van der Waals surface area contributed by atoms with Crippen LogP contribution in [0, 0.1) is 0 Å². The van der Waals surface area contributed by atoms with E-state index >= 15 is 0 Å². The molecule has 6 nitrogen and oxygen atoms in total. The van der Waals surface area contributed by atoms with Crippen LogP contribution in [-0.4, -0.2) is 27.0 Å². The third-order valence-electron chi connectivity index (χ3n) is 4.52. The second kappa shape index (κ2) is 8.67. The van der Waals surface area contributed by atoms with Crippen molar-refractivity contribution in [1.82, 2.24) is 19.9 Å². The van der Waals surface area contributed by atoms with E-state index in [9.17, 15) is 0 Å². The predicted molar refractivity (Wildman–Crippen MR) is 119 cm³/mol. The Morgan fingerprint density at radius 2 is 1.90 bits per heavy atom. The van der Waals surface area contributed by atoms with E-state index in [0.29, 0.717) is 22.5 Å². The molecule has 0 saturated heterocycles. The van der Waals surface area contributed by atoms with Crippen LogP contribution in [0.4, 0.5) is 0 Å². The molecule has 4 aromatic rings. The van der Waals surface area contributed by atoms with Gasteiger partial charge in [-0.2, -0.15) is 0 Å². The van der Waals surface area contributed by atoms with Crippen LogP contribution in [-0.2, 0) is 12.2 Å². The smallest absolute Gasteiger partial charge is 0.210 e. The Morgan fingerprint density at radius 3 is 2.66 bits per heavy atom. The molecule has 4 rings (SSSR count). The summed E-state index contributed by atoms with van der Waals surface area (Å²) >= 11 is 3.16. The highest BCUT2D eigenvalue weighted by Gasteiger charge is 2.16. The first-order valence-corrected chi connectivity index (χ1v) is 11.1. The number of thioether (sulfide) groups is 1. The number of ether oxygens (including phenoxy) is 1. The van der Waals surface area contributed by atoms with Crippen LogP contribution in [0.15, 0.2) is 59.1 Å². The molecule has 2 heterocycles. The first-order valence-electron chi connectivity index (χ1n) is 9.20. The summed E-state index contributed by atoms with van der Waals surface area (Å²) in [6.07, 6.45) is 1.04. The van der Waals surface area contributed by atoms with Crippen molar-refractivity contribution in [1.29, 1.82) is 0 Å². The third kappa shape index (κ3) is 4.13. The number of nitrogen functional groups attached to an aromatic ring is 1. The lowest BCUT2D eigenvalue weighted by atomic mass is 10.1. The summed E-state index contributed by atoms with van der Waals surface area (Å²) in [6, 6.07) is 16.2. The Kier molecular flexibility index (Phi) is 5.82. The zero-order valence-electron chi connectivity index (χ0n) is 16.2. The summed E-state index contributed by atoms with van der Waals surface area (Å²) in [7, 11) is 1.63. The van der Waals surface area contributed by atoms with Gasteiger partial charge in [0, 0.05) is 16.7 Å². The molecule has 0 aliphatic heterocycles. The van der Waals surface area contributed by atoms with Crippen molar-refractivity contribution in [2.24, 2.45) is 0 Å². The molecule has 2 aromatic heterocycles. The summed E-state index contributed by atoms with van der Waals surface area (Å²) in [6.45, 7) is 2.16. The van der Waals surface area contributed by atoms with Crippen molar-refractivity contribution >= 4 is 23.1 Å². The number of benzene rings is 2. The topological polar surface area (TPSA) is 78.9 Å². The number of hydrogen-bond acceptors (Lipinski definition) is 7. The van der Waals surface area contributed by atoms with Gasteiger partial charge in [-0.05, 0) is 24.1 Å². The molecule has 0 amide bonds. The molecule has 0 saturated carbocycles. The van der Waals surface area contributed by atoms with Gasteiger partial charge in [-0.1, -0.05) is 55.1 Å². The standard InChI is InChI=1S/C21H21N5OS2/c1-3-14-8-10-15(11-9-14)20-23-16(12-28-20)13-29-21-25-24-19(26(21)22)17-6-4-5-7-18(17)27-2/h4-12H,3,13,22H2,1-2H3. The van der Waals surface area contributed by atoms with Gasteiger partial charge in [-0.15, -0.1) is 21.5 Å². The minimum absolute atomic E-state index is 0.569. The van der Waals surface area contributed by atoms with Crippen molar-refractivity contribution in [2.75, 3.05) is 13.0 Å². The van der Waals surface area contributed by atoms with E-state index in [1.54, 1.807) is 18.4 Å². The Balaban J connectivity index is 1.47. The number of hydrogen-bond donors (Lipinski definition) is 1. The number of nitrogens with two attached hydrogens (primary N) is 1. The molecule has 0 radical (unpaired) electrons. The lowest BCUT2D eigenvalue weighted by molar-refractivity contribution is 0.416. The van der Waals surface area contributed by atoms with Crippen LogP contribution in [0.5, 0.6) is 5.75 Å². The Labute approximate surface area is 177 Å². The third-order valence-corrected chi connectivity index (χ3v) is 6.44. The molecule has 2 N–H and O–H groups in total. The van der Waals surface area contributed by atoms with Crippen LogP contribution in [0.3, 0.4) is 0 Å². The van der Waals surface area contributed by atoms with Gasteiger partial charge in [0.2, 0.25) is 5.16 Å². The minimum Gasteiger partial charge on any atom is -0.496 e. The average molecular weight is 424 g/mol. The van der Waals surface area contributed by atoms with Gasteiger partial charge < -0.3 is 10.6 Å². The quantitative estimate of drug-likeness (QED) is 0.344. The molecule has 2 aromatic carbocycles. The second-order valence-electron chi connectivity index (χ2n) is 6.36. The van der Waals surface area contributed by atoms with Crippen LogP contribution >= 0.6 is 23.1 Å². The monoisotopic (exact) mass is 423 g/mol. The van der Waals surface area contributed by atoms with Crippen molar-refractivity contribution in [2.45, 2.75) is 24.3 Å². The molecule has 0 aliphatic carbocycles. The molecule has 0 spiro atoms. The molecular weight excluding hydrogens is 402 g/mol. The fourth-order valence-electron chi connectivity index (χ4n) is 2.92. The van der Waals surface area contributed by atoms with E-state index in [4.69, 9.17) is 15.6 Å². The summed E-state index contributed by atoms with van der Waals surface area (Å²) in [5.41, 5.74) is 4.28. The number of nitrogens with zero attached hydrogens (tertiary/aromatic N) is 4. The van der Waals surface area contributed by atoms with E-state index < -0.39 is 0 Å². The van der Waals surface area contributed by atoms with Gasteiger partial charge in [-0.25, -0.2) is 9.66 Å². The molecule has 0 atom stereocenters. The first-order chi connectivity index (χ1) is 14.2. The number of methoxy groups -OCH3 is 1. The lowest BCUT2D eigenvalue weighted by Gasteiger charge is -2.07. The number of aromatic nitrogens is 4. The van der Waals surface area contributed by atoms with Crippen molar-refractivity contribution in [3.8, 4) is 27.7 Å². The van der Waals surface area contributed by atoms with Gasteiger partial charge >= 0.3 is 0 Å². The molecule has 0 unspecified atom stereocenters. The van der Waals surface area contributed by atoms with Gasteiger partial charge in [0.25, 0.3) is 0 Å². The van der Waals surface area contributed by atoms with Crippen LogP contribution in [0.25, 0.3) is 22.0 Å². The van der Waals surface area contributed by atoms with E-state index in [1.165, 1.54) is 22.0 Å². The van der Waals surface area contributed by atoms with Crippen LogP contribution in [0.1, 0.15) is 18.2 Å². The fourth-order valence-corrected chi connectivity index (χ4v) is 4.60. The van der Waals surface area contributed by atoms with Crippen molar-refractivity contribution in [3.05, 3.63) is 65.2 Å². The molecule has 148 valence electrons. The van der Waals surface area contributed by atoms with Gasteiger partial charge in [0.05, 0.1) is 18.4 Å². The predicted octanol–water partition coefficient (Wildman–Crippen LogP) is 4.65. The average Bonchev–Trinajstić information content (AvgIpc) is 3.39. The molecule has 29 heavy (non-hydrogen) atoms. The normalized spacial score (nSPS) is 11.0. The molecule has 8 heteroatoms. The maximum absolute atomic E-state index is 6.24. The lowest BCUT2D eigenvalue weighted by Crippen LogP contribution is -2.12. The van der Waals surface area contributed by atoms with Gasteiger partial charge in [0.1, 0.15) is 10.8 Å². The van der Waals surface area contributed by atoms with Crippen molar-refractivity contribution < 1.29 is 4.74 Å². The molecule has 0 aliphatic rings. The van der Waals surface area contributed by atoms with Gasteiger partial charge in [-0.3, -0.25) is 0 Å². The SMILES string of the molecule is CCc1ccc(-c2nc(CSc3nnc(-c4ccccc4OC)n3N)cs2)cc1. The number of thiazole rings is 1. The molecule has 0 bridgehead atoms. The second-order valence-corrected chi connectivity index (χ2v) is 8.16. The summed E-state index contributed by atoms with van der Waals surface area (Å²) in [5.74, 6) is 8.19. The highest BCUT2D eigenvalue weighted by molar-refractivity contribution is 7.98. The van der Waals surface area contributed by atoms with Gasteiger partial charge in [0.15, 0.2) is 5.82 Å². The van der Waals surface area contributed by atoms with E-state index in [-0.39, 0.29) is 0 Å². The van der Waals surface area contributed by atoms with Crippen LogP contribution < -0.4 is 10.6 Å². The zero-order chi connectivity index (χ0) is 20.2. The van der Waals surface area contributed by atoms with Crippen LogP contribution in [0.2, 0.25) is 0 Å². The number of rotatable bonds is 7. The first kappa shape index (κ1) is 19.5. The summed E-state index contributed by atoms with van der Waals surface area (Å²) in [5, 5.41) is 12.2. The maximum Gasteiger partial charge on any atom is 0.210 e.